The second-order valence-electron chi connectivity index (χ2n) is 7.21. The van der Waals surface area contributed by atoms with Crippen molar-refractivity contribution in [3.05, 3.63) is 87.0 Å². The molecule has 0 heterocycles. The number of nitrogens with zero attached hydrogens (tertiary/aromatic N) is 1. The number of halogens is 1. The molecule has 3 aromatic carbocycles. The fourth-order valence-electron chi connectivity index (χ4n) is 2.98. The molecule has 10 heteroatoms. The predicted octanol–water partition coefficient (Wildman–Crippen LogP) is 3.80. The molecule has 36 heavy (non-hydrogen) atoms. The van der Waals surface area contributed by atoms with Gasteiger partial charge in [0.15, 0.2) is 11.5 Å². The fourth-order valence-corrected chi connectivity index (χ4v) is 3.61. The molecule has 0 atom stereocenters. The number of hydrazone groups is 1. The molecule has 0 aliphatic carbocycles. The van der Waals surface area contributed by atoms with Gasteiger partial charge < -0.3 is 19.5 Å². The minimum atomic E-state index is -0.544. The fraction of sp³-hybridized carbons (Fsp3) is 0.154. The van der Waals surface area contributed by atoms with Crippen LogP contribution in [0.5, 0.6) is 17.2 Å². The number of methoxy groups -OCH3 is 1. The van der Waals surface area contributed by atoms with Gasteiger partial charge in [0.1, 0.15) is 5.75 Å². The summed E-state index contributed by atoms with van der Waals surface area (Å²) >= 11 is 2.06. The van der Waals surface area contributed by atoms with E-state index in [4.69, 9.17) is 14.2 Å². The third-order valence-electron chi connectivity index (χ3n) is 4.72. The molecule has 0 unspecified atom stereocenters. The van der Waals surface area contributed by atoms with Gasteiger partial charge in [-0.25, -0.2) is 10.2 Å². The number of hydrogen-bond acceptors (Lipinski definition) is 7. The first-order valence-corrected chi connectivity index (χ1v) is 12.0. The highest BCUT2D eigenvalue weighted by atomic mass is 127. The monoisotopic (exact) mass is 601 g/mol. The highest BCUT2D eigenvalue weighted by Crippen LogP contribution is 2.28. The molecule has 3 rings (SSSR count). The standard InChI is InChI=1S/C26H24IN3O6/c1-3-35-19-11-9-18(10-12-19)26(33)36-22-13-8-17(14-23(22)34-2)15-29-30-24(31)16-28-25(32)20-6-4-5-7-21(20)27/h4-15H,3,16H2,1-2H3,(H,28,32)(H,30,31)/b29-15+. The SMILES string of the molecule is CCOc1ccc(C(=O)Oc2ccc(/C=N/NC(=O)CNC(=O)c3ccccc3I)cc2OC)cc1. The largest absolute Gasteiger partial charge is 0.494 e. The molecular formula is C26H24IN3O6. The molecule has 0 aliphatic rings. The Kier molecular flexibility index (Phi) is 9.81. The molecule has 2 amide bonds. The molecule has 0 fully saturated rings. The third-order valence-corrected chi connectivity index (χ3v) is 5.66. The Morgan fingerprint density at radius 1 is 1.00 bits per heavy atom. The van der Waals surface area contributed by atoms with Gasteiger partial charge in [-0.1, -0.05) is 12.1 Å². The summed E-state index contributed by atoms with van der Waals surface area (Å²) in [4.78, 5) is 36.7. The molecule has 9 nitrogen and oxygen atoms in total. The van der Waals surface area contributed by atoms with E-state index in [0.29, 0.717) is 34.8 Å². The summed E-state index contributed by atoms with van der Waals surface area (Å²) in [5.74, 6) is -0.171. The lowest BCUT2D eigenvalue weighted by Gasteiger charge is -2.10. The molecule has 0 saturated heterocycles. The summed E-state index contributed by atoms with van der Waals surface area (Å²) in [7, 11) is 1.45. The maximum absolute atomic E-state index is 12.5. The van der Waals surface area contributed by atoms with Crippen molar-refractivity contribution < 1.29 is 28.6 Å². The van der Waals surface area contributed by atoms with Gasteiger partial charge in [-0.2, -0.15) is 5.10 Å². The van der Waals surface area contributed by atoms with Crippen molar-refractivity contribution in [3.8, 4) is 17.2 Å². The summed E-state index contributed by atoms with van der Waals surface area (Å²) in [6.07, 6.45) is 1.40. The van der Waals surface area contributed by atoms with Gasteiger partial charge in [0, 0.05) is 3.57 Å². The summed E-state index contributed by atoms with van der Waals surface area (Å²) in [5, 5.41) is 6.44. The Balaban J connectivity index is 1.54. The first kappa shape index (κ1) is 26.7. The van der Waals surface area contributed by atoms with E-state index in [1.165, 1.54) is 13.3 Å². The van der Waals surface area contributed by atoms with Crippen LogP contribution in [0.4, 0.5) is 0 Å². The normalized spacial score (nSPS) is 10.5. The highest BCUT2D eigenvalue weighted by molar-refractivity contribution is 14.1. The number of nitrogens with one attached hydrogen (secondary N) is 2. The molecular weight excluding hydrogens is 577 g/mol. The lowest BCUT2D eigenvalue weighted by atomic mass is 10.2. The Bertz CT molecular complexity index is 1260. The minimum Gasteiger partial charge on any atom is -0.494 e. The third kappa shape index (κ3) is 7.54. The molecule has 0 aliphatic heterocycles. The lowest BCUT2D eigenvalue weighted by Crippen LogP contribution is -2.35. The van der Waals surface area contributed by atoms with Gasteiger partial charge in [-0.15, -0.1) is 0 Å². The van der Waals surface area contributed by atoms with E-state index in [0.717, 1.165) is 3.57 Å². The van der Waals surface area contributed by atoms with E-state index in [9.17, 15) is 14.4 Å². The van der Waals surface area contributed by atoms with Crippen LogP contribution in [-0.4, -0.2) is 44.3 Å². The zero-order chi connectivity index (χ0) is 25.9. The highest BCUT2D eigenvalue weighted by Gasteiger charge is 2.13. The van der Waals surface area contributed by atoms with Crippen molar-refractivity contribution >= 4 is 46.6 Å². The number of benzene rings is 3. The van der Waals surface area contributed by atoms with Crippen molar-refractivity contribution in [3.63, 3.8) is 0 Å². The van der Waals surface area contributed by atoms with Crippen molar-refractivity contribution in [1.82, 2.24) is 10.7 Å². The predicted molar refractivity (Wildman–Crippen MR) is 143 cm³/mol. The maximum Gasteiger partial charge on any atom is 0.343 e. The quantitative estimate of drug-likeness (QED) is 0.120. The van der Waals surface area contributed by atoms with Gasteiger partial charge >= 0.3 is 5.97 Å². The Morgan fingerprint density at radius 2 is 1.75 bits per heavy atom. The second-order valence-corrected chi connectivity index (χ2v) is 8.38. The van der Waals surface area contributed by atoms with Crippen LogP contribution < -0.4 is 25.0 Å². The number of ether oxygens (including phenoxy) is 3. The number of esters is 1. The topological polar surface area (TPSA) is 115 Å². The summed E-state index contributed by atoms with van der Waals surface area (Å²) in [6, 6.07) is 18.5. The summed E-state index contributed by atoms with van der Waals surface area (Å²) < 4.78 is 16.9. The molecule has 0 saturated carbocycles. The molecule has 2 N–H and O–H groups in total. The Morgan fingerprint density at radius 3 is 2.44 bits per heavy atom. The van der Waals surface area contributed by atoms with Crippen molar-refractivity contribution in [2.75, 3.05) is 20.3 Å². The molecule has 0 radical (unpaired) electrons. The van der Waals surface area contributed by atoms with Crippen LogP contribution in [0.15, 0.2) is 71.8 Å². The molecule has 3 aromatic rings. The van der Waals surface area contributed by atoms with E-state index in [-0.39, 0.29) is 18.2 Å². The first-order chi connectivity index (χ1) is 17.4. The number of amides is 2. The lowest BCUT2D eigenvalue weighted by molar-refractivity contribution is -0.120. The van der Waals surface area contributed by atoms with Crippen LogP contribution >= 0.6 is 22.6 Å². The zero-order valence-corrected chi connectivity index (χ0v) is 21.8. The van der Waals surface area contributed by atoms with Crippen LogP contribution in [0.1, 0.15) is 33.2 Å². The molecule has 186 valence electrons. The average molecular weight is 601 g/mol. The van der Waals surface area contributed by atoms with Gasteiger partial charge in [0.05, 0.1) is 37.6 Å². The van der Waals surface area contributed by atoms with Crippen LogP contribution in [0.2, 0.25) is 0 Å². The van der Waals surface area contributed by atoms with Crippen LogP contribution in [0.25, 0.3) is 0 Å². The molecule has 0 aromatic heterocycles. The zero-order valence-electron chi connectivity index (χ0n) is 19.6. The maximum atomic E-state index is 12.5. The number of hydrogen-bond donors (Lipinski definition) is 2. The van der Waals surface area contributed by atoms with Crippen molar-refractivity contribution in [2.45, 2.75) is 6.92 Å². The van der Waals surface area contributed by atoms with E-state index < -0.39 is 11.9 Å². The van der Waals surface area contributed by atoms with Crippen molar-refractivity contribution in [2.24, 2.45) is 5.10 Å². The van der Waals surface area contributed by atoms with E-state index in [1.807, 2.05) is 13.0 Å². The summed E-state index contributed by atoms with van der Waals surface area (Å²) in [6.45, 7) is 2.18. The van der Waals surface area contributed by atoms with Crippen LogP contribution in [-0.2, 0) is 4.79 Å². The van der Waals surface area contributed by atoms with E-state index in [1.54, 1.807) is 60.7 Å². The number of carbonyl (C=O) groups excluding carboxylic acids is 3. The number of carbonyl (C=O) groups is 3. The minimum absolute atomic E-state index is 0.231. The Labute approximate surface area is 222 Å². The van der Waals surface area contributed by atoms with Gasteiger partial charge in [-0.3, -0.25) is 9.59 Å². The van der Waals surface area contributed by atoms with E-state index >= 15 is 0 Å². The molecule has 0 bridgehead atoms. The molecule has 0 spiro atoms. The van der Waals surface area contributed by atoms with Gasteiger partial charge in [0.25, 0.3) is 11.8 Å². The van der Waals surface area contributed by atoms with Gasteiger partial charge in [0.2, 0.25) is 0 Å². The van der Waals surface area contributed by atoms with Crippen LogP contribution in [0, 0.1) is 3.57 Å². The average Bonchev–Trinajstić information content (AvgIpc) is 2.89. The van der Waals surface area contributed by atoms with Crippen LogP contribution in [0.3, 0.4) is 0 Å². The smallest absolute Gasteiger partial charge is 0.343 e. The van der Waals surface area contributed by atoms with Gasteiger partial charge in [-0.05, 0) is 89.7 Å². The van der Waals surface area contributed by atoms with E-state index in [2.05, 4.69) is 38.4 Å². The Hall–Kier alpha value is -3.93. The second kappa shape index (κ2) is 13.2. The first-order valence-electron chi connectivity index (χ1n) is 10.9. The summed E-state index contributed by atoms with van der Waals surface area (Å²) in [5.41, 5.74) is 3.80. The number of rotatable bonds is 10. The van der Waals surface area contributed by atoms with Crippen molar-refractivity contribution in [1.29, 1.82) is 0 Å².